The maximum atomic E-state index is 12.8. The van der Waals surface area contributed by atoms with Crippen LogP contribution in [0.1, 0.15) is 31.7 Å². The van der Waals surface area contributed by atoms with Gasteiger partial charge in [0, 0.05) is 37.5 Å². The first kappa shape index (κ1) is 22.1. The van der Waals surface area contributed by atoms with Crippen molar-refractivity contribution in [1.29, 1.82) is 0 Å². The van der Waals surface area contributed by atoms with Crippen LogP contribution < -0.4 is 10.2 Å². The third kappa shape index (κ3) is 5.29. The van der Waals surface area contributed by atoms with Crippen LogP contribution in [-0.4, -0.2) is 41.9 Å². The van der Waals surface area contributed by atoms with Gasteiger partial charge in [-0.1, -0.05) is 29.8 Å². The van der Waals surface area contributed by atoms with Crippen LogP contribution in [0.25, 0.3) is 0 Å². The summed E-state index contributed by atoms with van der Waals surface area (Å²) in [6.07, 6.45) is 3.68. The Morgan fingerprint density at radius 1 is 1.23 bits per heavy atom. The number of nitrogens with zero attached hydrogens (tertiary/aromatic N) is 3. The molecule has 7 nitrogen and oxygen atoms in total. The monoisotopic (exact) mass is 430 g/mol. The Balaban J connectivity index is 1.69. The molecule has 0 spiro atoms. The molecule has 2 aromatic rings. The molecule has 0 bridgehead atoms. The Kier molecular flexibility index (Phi) is 7.29. The molecular weight excluding hydrogens is 404 g/mol. The molecule has 1 saturated heterocycles. The van der Waals surface area contributed by atoms with Gasteiger partial charge in [0.1, 0.15) is 0 Å². The van der Waals surface area contributed by atoms with E-state index in [0.29, 0.717) is 6.54 Å². The molecule has 0 unspecified atom stereocenters. The highest BCUT2D eigenvalue weighted by Crippen LogP contribution is 2.28. The average Bonchev–Trinajstić information content (AvgIpc) is 2.75. The van der Waals surface area contributed by atoms with Gasteiger partial charge in [-0.25, -0.2) is 0 Å². The van der Waals surface area contributed by atoms with E-state index in [1.165, 1.54) is 48.7 Å². The van der Waals surface area contributed by atoms with Gasteiger partial charge in [-0.15, -0.1) is 0 Å². The van der Waals surface area contributed by atoms with Gasteiger partial charge < -0.3 is 10.2 Å². The summed E-state index contributed by atoms with van der Waals surface area (Å²) < 4.78 is 0. The summed E-state index contributed by atoms with van der Waals surface area (Å²) in [7, 11) is 1.90. The number of non-ortho nitro benzene ring substituents is 1. The zero-order valence-electron chi connectivity index (χ0n) is 17.3. The maximum absolute atomic E-state index is 12.8. The van der Waals surface area contributed by atoms with Crippen molar-refractivity contribution >= 4 is 34.6 Å². The van der Waals surface area contributed by atoms with E-state index in [2.05, 4.69) is 22.3 Å². The van der Waals surface area contributed by atoms with Crippen molar-refractivity contribution in [1.82, 2.24) is 4.90 Å². The number of likely N-dealkylation sites (N-methyl/N-ethyl adjacent to an activating group) is 1. The van der Waals surface area contributed by atoms with Crippen molar-refractivity contribution in [2.45, 2.75) is 38.8 Å². The molecule has 1 amide bonds. The van der Waals surface area contributed by atoms with Crippen LogP contribution in [0, 0.1) is 10.1 Å². The number of nitro groups is 1. The Hall–Kier alpha value is -2.64. The zero-order chi connectivity index (χ0) is 21.7. The van der Waals surface area contributed by atoms with Crippen molar-refractivity contribution in [2.24, 2.45) is 0 Å². The van der Waals surface area contributed by atoms with E-state index in [1.54, 1.807) is 0 Å². The number of para-hydroxylation sites is 1. The molecule has 1 fully saturated rings. The van der Waals surface area contributed by atoms with Gasteiger partial charge >= 0.3 is 0 Å². The number of rotatable bonds is 7. The molecule has 2 aromatic carbocycles. The largest absolute Gasteiger partial charge is 0.371 e. The first-order valence-electron chi connectivity index (χ1n) is 10.1. The number of benzene rings is 2. The van der Waals surface area contributed by atoms with Crippen molar-refractivity contribution in [3.63, 3.8) is 0 Å². The first-order valence-corrected chi connectivity index (χ1v) is 10.5. The summed E-state index contributed by atoms with van der Waals surface area (Å²) in [5.41, 5.74) is 2.52. The van der Waals surface area contributed by atoms with Crippen molar-refractivity contribution in [2.75, 3.05) is 30.4 Å². The molecule has 0 aromatic heterocycles. The SMILES string of the molecule is C[C@@H](C(=O)Nc1cc([N+](=O)[O-])ccc1Cl)N(C)Cc1ccccc1N1CCCCC1. The number of hydrogen-bond acceptors (Lipinski definition) is 5. The average molecular weight is 431 g/mol. The zero-order valence-corrected chi connectivity index (χ0v) is 18.1. The topological polar surface area (TPSA) is 78.7 Å². The summed E-state index contributed by atoms with van der Waals surface area (Å²) in [6, 6.07) is 11.9. The molecule has 1 aliphatic rings. The van der Waals surface area contributed by atoms with Crippen LogP contribution in [-0.2, 0) is 11.3 Å². The van der Waals surface area contributed by atoms with Crippen LogP contribution in [0.5, 0.6) is 0 Å². The van der Waals surface area contributed by atoms with E-state index in [9.17, 15) is 14.9 Å². The highest BCUT2D eigenvalue weighted by molar-refractivity contribution is 6.33. The van der Waals surface area contributed by atoms with E-state index in [4.69, 9.17) is 11.6 Å². The molecule has 8 heteroatoms. The molecule has 1 N–H and O–H groups in total. The minimum atomic E-state index is -0.515. The molecule has 1 aliphatic heterocycles. The van der Waals surface area contributed by atoms with E-state index in [0.717, 1.165) is 13.1 Å². The molecule has 0 aliphatic carbocycles. The standard InChI is InChI=1S/C22H27ClN4O3/c1-16(22(28)24-20-14-18(27(29)30)10-11-19(20)23)25(2)15-17-8-4-5-9-21(17)26-12-6-3-7-13-26/h4-5,8-11,14,16H,3,6-7,12-13,15H2,1-2H3,(H,24,28)/t16-/m0/s1. The van der Waals surface area contributed by atoms with Gasteiger partial charge in [0.15, 0.2) is 0 Å². The highest BCUT2D eigenvalue weighted by atomic mass is 35.5. The number of carbonyl (C=O) groups excluding carboxylic acids is 1. The van der Waals surface area contributed by atoms with Gasteiger partial charge in [0.25, 0.3) is 5.69 Å². The van der Waals surface area contributed by atoms with E-state index in [1.807, 2.05) is 31.0 Å². The molecule has 30 heavy (non-hydrogen) atoms. The fourth-order valence-electron chi connectivity index (χ4n) is 3.65. The van der Waals surface area contributed by atoms with Crippen LogP contribution in [0.3, 0.4) is 0 Å². The number of nitro benzene ring substituents is 1. The normalized spacial score (nSPS) is 15.1. The third-order valence-electron chi connectivity index (χ3n) is 5.57. The molecule has 0 saturated carbocycles. The predicted molar refractivity (Wildman–Crippen MR) is 120 cm³/mol. The van der Waals surface area contributed by atoms with Gasteiger partial charge in [0.05, 0.1) is 21.7 Å². The molecular formula is C22H27ClN4O3. The summed E-state index contributed by atoms with van der Waals surface area (Å²) in [6.45, 7) is 4.54. The van der Waals surface area contributed by atoms with E-state index in [-0.39, 0.29) is 22.3 Å². The summed E-state index contributed by atoms with van der Waals surface area (Å²) in [5, 5.41) is 14.0. The van der Waals surface area contributed by atoms with Gasteiger partial charge in [-0.3, -0.25) is 19.8 Å². The minimum absolute atomic E-state index is 0.119. The fourth-order valence-corrected chi connectivity index (χ4v) is 3.82. The summed E-state index contributed by atoms with van der Waals surface area (Å²) in [4.78, 5) is 27.6. The Morgan fingerprint density at radius 2 is 1.93 bits per heavy atom. The van der Waals surface area contributed by atoms with Gasteiger partial charge in [-0.05, 0) is 50.9 Å². The molecule has 160 valence electrons. The molecule has 1 heterocycles. The second-order valence-corrected chi connectivity index (χ2v) is 8.09. The van der Waals surface area contributed by atoms with Gasteiger partial charge in [-0.2, -0.15) is 0 Å². The summed E-state index contributed by atoms with van der Waals surface area (Å²) >= 11 is 6.11. The number of amides is 1. The number of carbonyl (C=O) groups is 1. The molecule has 1 atom stereocenters. The number of hydrogen-bond donors (Lipinski definition) is 1. The highest BCUT2D eigenvalue weighted by Gasteiger charge is 2.22. The Bertz CT molecular complexity index is 915. The second kappa shape index (κ2) is 9.91. The van der Waals surface area contributed by atoms with Crippen molar-refractivity contribution in [3.8, 4) is 0 Å². The van der Waals surface area contributed by atoms with E-state index >= 15 is 0 Å². The maximum Gasteiger partial charge on any atom is 0.271 e. The lowest BCUT2D eigenvalue weighted by Gasteiger charge is -2.32. The predicted octanol–water partition coefficient (Wildman–Crippen LogP) is 4.70. The Morgan fingerprint density at radius 3 is 2.63 bits per heavy atom. The van der Waals surface area contributed by atoms with Crippen LogP contribution in [0.2, 0.25) is 5.02 Å². The number of nitrogens with one attached hydrogen (secondary N) is 1. The quantitative estimate of drug-likeness (QED) is 0.509. The Labute approximate surface area is 181 Å². The molecule has 0 radical (unpaired) electrons. The first-order chi connectivity index (χ1) is 14.4. The smallest absolute Gasteiger partial charge is 0.271 e. The van der Waals surface area contributed by atoms with Crippen LogP contribution in [0.15, 0.2) is 42.5 Å². The van der Waals surface area contributed by atoms with Gasteiger partial charge in [0.2, 0.25) is 5.91 Å². The van der Waals surface area contributed by atoms with E-state index < -0.39 is 11.0 Å². The van der Waals surface area contributed by atoms with Crippen LogP contribution >= 0.6 is 11.6 Å². The fraction of sp³-hybridized carbons (Fsp3) is 0.409. The number of piperidine rings is 1. The minimum Gasteiger partial charge on any atom is -0.371 e. The number of halogens is 1. The molecule has 3 rings (SSSR count). The third-order valence-corrected chi connectivity index (χ3v) is 5.90. The lowest BCUT2D eigenvalue weighted by atomic mass is 10.1. The lowest BCUT2D eigenvalue weighted by molar-refractivity contribution is -0.384. The second-order valence-electron chi connectivity index (χ2n) is 7.68. The van der Waals surface area contributed by atoms with Crippen LogP contribution in [0.4, 0.5) is 17.1 Å². The van der Waals surface area contributed by atoms with Crippen molar-refractivity contribution < 1.29 is 9.72 Å². The summed E-state index contributed by atoms with van der Waals surface area (Å²) in [5.74, 6) is -0.268. The lowest BCUT2D eigenvalue weighted by Crippen LogP contribution is -2.39. The van der Waals surface area contributed by atoms with Crippen molar-refractivity contribution in [3.05, 3.63) is 63.2 Å². The number of anilines is 2.